The molecule has 4 nitrogen and oxygen atoms in total. The van der Waals surface area contributed by atoms with Crippen molar-refractivity contribution < 1.29 is 9.53 Å². The molecule has 21 heavy (non-hydrogen) atoms. The molecule has 1 aliphatic heterocycles. The van der Waals surface area contributed by atoms with Crippen LogP contribution in [0.1, 0.15) is 32.3 Å². The van der Waals surface area contributed by atoms with Crippen molar-refractivity contribution in [1.82, 2.24) is 10.2 Å². The van der Waals surface area contributed by atoms with Crippen molar-refractivity contribution in [3.63, 3.8) is 0 Å². The van der Waals surface area contributed by atoms with E-state index in [2.05, 4.69) is 17.1 Å². The topological polar surface area (TPSA) is 41.6 Å². The third kappa shape index (κ3) is 8.48. The highest BCUT2D eigenvalue weighted by atomic mass is 16.5. The number of esters is 1. The Morgan fingerprint density at radius 3 is 2.38 bits per heavy atom. The second-order valence-electron chi connectivity index (χ2n) is 5.04. The molecule has 0 radical (unpaired) electrons. The van der Waals surface area contributed by atoms with E-state index < -0.39 is 0 Å². The van der Waals surface area contributed by atoms with Gasteiger partial charge in [-0.05, 0) is 45.0 Å². The molecule has 1 heterocycles. The molecular formula is C17H28N2O2. The van der Waals surface area contributed by atoms with E-state index in [-0.39, 0.29) is 12.5 Å². The molecule has 0 aromatic heterocycles. The van der Waals surface area contributed by atoms with E-state index in [9.17, 15) is 4.79 Å². The fourth-order valence-corrected chi connectivity index (χ4v) is 2.22. The molecule has 1 aromatic rings. The molecule has 1 fully saturated rings. The van der Waals surface area contributed by atoms with E-state index in [0.717, 1.165) is 5.56 Å². The summed E-state index contributed by atoms with van der Waals surface area (Å²) in [6, 6.07) is 9.94. The van der Waals surface area contributed by atoms with Crippen molar-refractivity contribution >= 4 is 5.97 Å². The number of benzene rings is 1. The van der Waals surface area contributed by atoms with Crippen LogP contribution in [-0.4, -0.2) is 43.7 Å². The van der Waals surface area contributed by atoms with Crippen LogP contribution >= 0.6 is 0 Å². The number of carbonyl (C=O) groups is 1. The average Bonchev–Trinajstić information content (AvgIpc) is 3.03. The summed E-state index contributed by atoms with van der Waals surface area (Å²) >= 11 is 0. The minimum absolute atomic E-state index is 0.205. The first-order valence-electron chi connectivity index (χ1n) is 7.88. The molecule has 2 rings (SSSR count). The van der Waals surface area contributed by atoms with Gasteiger partial charge >= 0.3 is 5.97 Å². The highest BCUT2D eigenvalue weighted by molar-refractivity contribution is 5.71. The van der Waals surface area contributed by atoms with E-state index in [1.807, 2.05) is 30.3 Å². The lowest BCUT2D eigenvalue weighted by Gasteiger charge is -2.08. The van der Waals surface area contributed by atoms with Gasteiger partial charge < -0.3 is 15.0 Å². The maximum atomic E-state index is 10.9. The van der Waals surface area contributed by atoms with Crippen molar-refractivity contribution in [3.05, 3.63) is 35.9 Å². The zero-order valence-electron chi connectivity index (χ0n) is 13.3. The zero-order valence-corrected chi connectivity index (χ0v) is 13.3. The molecular weight excluding hydrogens is 264 g/mol. The largest absolute Gasteiger partial charge is 0.465 e. The fourth-order valence-electron chi connectivity index (χ4n) is 2.22. The summed E-state index contributed by atoms with van der Waals surface area (Å²) in [5, 5.41) is 3.01. The molecule has 0 aliphatic carbocycles. The molecule has 0 saturated carbocycles. The molecule has 0 amide bonds. The summed E-state index contributed by atoms with van der Waals surface area (Å²) in [4.78, 5) is 13.4. The van der Waals surface area contributed by atoms with Crippen molar-refractivity contribution in [2.24, 2.45) is 0 Å². The summed E-state index contributed by atoms with van der Waals surface area (Å²) in [7, 11) is 0. The van der Waals surface area contributed by atoms with Gasteiger partial charge in [-0.15, -0.1) is 0 Å². The van der Waals surface area contributed by atoms with E-state index >= 15 is 0 Å². The van der Waals surface area contributed by atoms with Crippen LogP contribution in [0.3, 0.4) is 0 Å². The van der Waals surface area contributed by atoms with Crippen LogP contribution in [0.5, 0.6) is 0 Å². The number of ether oxygens (including phenoxy) is 1. The van der Waals surface area contributed by atoms with Gasteiger partial charge in [-0.2, -0.15) is 0 Å². The Hall–Kier alpha value is -1.39. The summed E-state index contributed by atoms with van der Waals surface area (Å²) in [6.45, 7) is 9.36. The van der Waals surface area contributed by atoms with Crippen molar-refractivity contribution in [2.45, 2.75) is 33.2 Å². The second kappa shape index (κ2) is 11.3. The molecule has 0 spiro atoms. The van der Waals surface area contributed by atoms with Gasteiger partial charge in [0.15, 0.2) is 0 Å². The smallest absolute Gasteiger partial charge is 0.319 e. The highest BCUT2D eigenvalue weighted by Gasteiger charge is 2.06. The molecule has 4 heteroatoms. The van der Waals surface area contributed by atoms with Gasteiger partial charge in [-0.1, -0.05) is 37.3 Å². The van der Waals surface area contributed by atoms with Gasteiger partial charge in [0.25, 0.3) is 0 Å². The van der Waals surface area contributed by atoms with Gasteiger partial charge in [0.1, 0.15) is 0 Å². The Balaban J connectivity index is 0.000000262. The van der Waals surface area contributed by atoms with Gasteiger partial charge in [0.05, 0.1) is 13.2 Å². The van der Waals surface area contributed by atoms with Crippen LogP contribution < -0.4 is 5.32 Å². The highest BCUT2D eigenvalue weighted by Crippen LogP contribution is 2.04. The Kier molecular flexibility index (Phi) is 9.49. The maximum absolute atomic E-state index is 10.9. The Labute approximate surface area is 128 Å². The summed E-state index contributed by atoms with van der Waals surface area (Å²) in [6.07, 6.45) is 2.85. The third-order valence-corrected chi connectivity index (χ3v) is 3.39. The first kappa shape index (κ1) is 17.7. The second-order valence-corrected chi connectivity index (χ2v) is 5.04. The molecule has 0 unspecified atom stereocenters. The average molecular weight is 292 g/mol. The van der Waals surface area contributed by atoms with Crippen LogP contribution in [0, 0.1) is 0 Å². The lowest BCUT2D eigenvalue weighted by molar-refractivity contribution is -0.142. The fraction of sp³-hybridized carbons (Fsp3) is 0.588. The predicted molar refractivity (Wildman–Crippen MR) is 86.1 cm³/mol. The zero-order chi connectivity index (χ0) is 15.3. The van der Waals surface area contributed by atoms with E-state index in [1.54, 1.807) is 6.92 Å². The number of nitrogens with zero attached hydrogens (tertiary/aromatic N) is 1. The SMILES string of the molecule is CCN1CCCC1.CCOC(=O)CNCc1ccccc1. The normalized spacial score (nSPS) is 14.4. The quantitative estimate of drug-likeness (QED) is 0.818. The molecule has 0 bridgehead atoms. The minimum Gasteiger partial charge on any atom is -0.465 e. The molecule has 118 valence electrons. The Morgan fingerprint density at radius 2 is 1.86 bits per heavy atom. The summed E-state index contributed by atoms with van der Waals surface area (Å²) in [5.41, 5.74) is 1.16. The lowest BCUT2D eigenvalue weighted by atomic mass is 10.2. The van der Waals surface area contributed by atoms with E-state index in [1.165, 1.54) is 32.5 Å². The van der Waals surface area contributed by atoms with E-state index in [4.69, 9.17) is 4.74 Å². The van der Waals surface area contributed by atoms with Crippen molar-refractivity contribution in [2.75, 3.05) is 32.8 Å². The summed E-state index contributed by atoms with van der Waals surface area (Å²) < 4.78 is 4.78. The molecule has 0 atom stereocenters. The van der Waals surface area contributed by atoms with Crippen molar-refractivity contribution in [3.8, 4) is 0 Å². The van der Waals surface area contributed by atoms with Gasteiger partial charge in [-0.25, -0.2) is 0 Å². The molecule has 1 N–H and O–H groups in total. The number of hydrogen-bond acceptors (Lipinski definition) is 4. The number of rotatable bonds is 6. The number of hydrogen-bond donors (Lipinski definition) is 1. The maximum Gasteiger partial charge on any atom is 0.319 e. The number of carbonyl (C=O) groups excluding carboxylic acids is 1. The van der Waals surface area contributed by atoms with Crippen LogP contribution in [0.4, 0.5) is 0 Å². The van der Waals surface area contributed by atoms with Crippen LogP contribution in [0.15, 0.2) is 30.3 Å². The Bertz CT molecular complexity index is 376. The van der Waals surface area contributed by atoms with Gasteiger partial charge in [0.2, 0.25) is 0 Å². The van der Waals surface area contributed by atoms with Crippen molar-refractivity contribution in [1.29, 1.82) is 0 Å². The summed E-state index contributed by atoms with van der Waals surface area (Å²) in [5.74, 6) is -0.205. The van der Waals surface area contributed by atoms with Crippen LogP contribution in [-0.2, 0) is 16.1 Å². The van der Waals surface area contributed by atoms with E-state index in [0.29, 0.717) is 13.2 Å². The first-order valence-corrected chi connectivity index (χ1v) is 7.88. The Morgan fingerprint density at radius 1 is 1.19 bits per heavy atom. The standard InChI is InChI=1S/C11H15NO2.C6H13N/c1-2-14-11(13)9-12-8-10-6-4-3-5-7-10;1-2-7-5-3-4-6-7/h3-7,12H,2,8-9H2,1H3;2-6H2,1H3. The van der Waals surface area contributed by atoms with Gasteiger partial charge in [0, 0.05) is 6.54 Å². The predicted octanol–water partition coefficient (Wildman–Crippen LogP) is 2.44. The first-order chi connectivity index (χ1) is 10.3. The third-order valence-electron chi connectivity index (χ3n) is 3.39. The lowest BCUT2D eigenvalue weighted by Crippen LogP contribution is -2.24. The van der Waals surface area contributed by atoms with Gasteiger partial charge in [-0.3, -0.25) is 4.79 Å². The number of likely N-dealkylation sites (tertiary alicyclic amines) is 1. The molecule has 1 aromatic carbocycles. The molecule has 1 saturated heterocycles. The monoisotopic (exact) mass is 292 g/mol. The molecule has 1 aliphatic rings. The number of nitrogens with one attached hydrogen (secondary N) is 1. The van der Waals surface area contributed by atoms with Crippen LogP contribution in [0.2, 0.25) is 0 Å². The minimum atomic E-state index is -0.205. The van der Waals surface area contributed by atoms with Crippen LogP contribution in [0.25, 0.3) is 0 Å².